The van der Waals surface area contributed by atoms with E-state index in [-0.39, 0.29) is 11.2 Å². The molecule has 0 saturated carbocycles. The molecule has 0 N–H and O–H groups in total. The number of aromatic nitrogens is 1. The first-order chi connectivity index (χ1) is 14.7. The molecule has 0 fully saturated rings. The monoisotopic (exact) mass is 412 g/mol. The van der Waals surface area contributed by atoms with Crippen LogP contribution in [0.5, 0.6) is 0 Å². The van der Waals surface area contributed by atoms with Crippen LogP contribution >= 0.6 is 11.3 Å². The zero-order valence-corrected chi connectivity index (χ0v) is 16.7. The summed E-state index contributed by atoms with van der Waals surface area (Å²) < 4.78 is 8.64. The Labute approximate surface area is 174 Å². The molecule has 5 rings (SSSR count). The van der Waals surface area contributed by atoms with Gasteiger partial charge in [-0.05, 0) is 23.6 Å². The second kappa shape index (κ2) is 7.24. The average molecular weight is 412 g/mol. The highest BCUT2D eigenvalue weighted by molar-refractivity contribution is 7.17. The number of carbonyl (C=O) groups is 1. The van der Waals surface area contributed by atoms with Crippen molar-refractivity contribution in [3.05, 3.63) is 100 Å². The number of para-hydroxylation sites is 1. The topological polar surface area (TPSA) is 64.6 Å². The molecule has 30 heavy (non-hydrogen) atoms. The predicted molar refractivity (Wildman–Crippen MR) is 120 cm³/mol. The van der Waals surface area contributed by atoms with E-state index in [2.05, 4.69) is 29.8 Å². The van der Waals surface area contributed by atoms with Crippen LogP contribution in [-0.2, 0) is 6.54 Å². The third kappa shape index (κ3) is 2.98. The number of rotatable bonds is 3. The number of benzene rings is 3. The summed E-state index contributed by atoms with van der Waals surface area (Å²) >= 11 is 1.43. The van der Waals surface area contributed by atoms with Crippen LogP contribution in [-0.4, -0.2) is 10.5 Å². The van der Waals surface area contributed by atoms with E-state index in [1.54, 1.807) is 30.3 Å². The van der Waals surface area contributed by atoms with Gasteiger partial charge in [-0.3, -0.25) is 9.59 Å². The van der Waals surface area contributed by atoms with E-state index in [0.29, 0.717) is 22.3 Å². The van der Waals surface area contributed by atoms with Gasteiger partial charge in [-0.15, -0.1) is 6.58 Å². The summed E-state index contributed by atoms with van der Waals surface area (Å²) in [4.78, 5) is 30.1. The molecule has 0 aliphatic carbocycles. The van der Waals surface area contributed by atoms with Gasteiger partial charge in [-0.1, -0.05) is 59.9 Å². The highest BCUT2D eigenvalue weighted by Crippen LogP contribution is 2.27. The largest absolute Gasteiger partial charge is 0.451 e. The minimum Gasteiger partial charge on any atom is -0.451 e. The Morgan fingerprint density at radius 1 is 1.07 bits per heavy atom. The standard InChI is InChI=1S/C24H16N2O3S/c1-2-13-26-18-12-11-15-7-3-4-8-16(15)22(18)30-24(26)25-23(28)21-14-19(27)17-9-5-6-10-20(17)29-21/h2-12,14H,1,13H2. The fourth-order valence-corrected chi connectivity index (χ4v) is 4.71. The van der Waals surface area contributed by atoms with E-state index >= 15 is 0 Å². The van der Waals surface area contributed by atoms with Crippen molar-refractivity contribution in [3.63, 3.8) is 0 Å². The van der Waals surface area contributed by atoms with Crippen LogP contribution in [0, 0.1) is 0 Å². The molecule has 6 heteroatoms. The van der Waals surface area contributed by atoms with Gasteiger partial charge in [0.15, 0.2) is 16.0 Å². The number of thiazole rings is 1. The third-order valence-corrected chi connectivity index (χ3v) is 6.06. The van der Waals surface area contributed by atoms with Gasteiger partial charge in [0.05, 0.1) is 15.6 Å². The number of hydrogen-bond acceptors (Lipinski definition) is 4. The van der Waals surface area contributed by atoms with E-state index in [4.69, 9.17) is 4.42 Å². The zero-order valence-electron chi connectivity index (χ0n) is 15.9. The van der Waals surface area contributed by atoms with Crippen molar-refractivity contribution in [2.24, 2.45) is 4.99 Å². The average Bonchev–Trinajstić information content (AvgIpc) is 3.11. The number of fused-ring (bicyclic) bond motifs is 4. The number of allylic oxidation sites excluding steroid dienone is 1. The zero-order chi connectivity index (χ0) is 20.7. The molecule has 2 heterocycles. The van der Waals surface area contributed by atoms with Gasteiger partial charge >= 0.3 is 5.91 Å². The number of hydrogen-bond donors (Lipinski definition) is 0. The fraction of sp³-hybridized carbons (Fsp3) is 0.0417. The van der Waals surface area contributed by atoms with Crippen molar-refractivity contribution in [1.29, 1.82) is 0 Å². The smallest absolute Gasteiger partial charge is 0.315 e. The Bertz CT molecular complexity index is 1590. The Hall–Kier alpha value is -3.77. The molecule has 5 aromatic rings. The van der Waals surface area contributed by atoms with E-state index in [0.717, 1.165) is 21.0 Å². The lowest BCUT2D eigenvalue weighted by atomic mass is 10.1. The first-order valence-electron chi connectivity index (χ1n) is 9.39. The van der Waals surface area contributed by atoms with Crippen molar-refractivity contribution in [2.45, 2.75) is 6.54 Å². The molecule has 2 aromatic heterocycles. The van der Waals surface area contributed by atoms with Crippen LogP contribution in [0.2, 0.25) is 0 Å². The molecule has 0 spiro atoms. The molecule has 146 valence electrons. The van der Waals surface area contributed by atoms with Gasteiger partial charge in [0, 0.05) is 18.0 Å². The normalized spacial score (nSPS) is 12.1. The molecule has 0 saturated heterocycles. The Morgan fingerprint density at radius 2 is 1.83 bits per heavy atom. The van der Waals surface area contributed by atoms with E-state index in [1.165, 1.54) is 17.4 Å². The maximum Gasteiger partial charge on any atom is 0.315 e. The van der Waals surface area contributed by atoms with Crippen LogP contribution in [0.1, 0.15) is 10.6 Å². The summed E-state index contributed by atoms with van der Waals surface area (Å²) in [5, 5.41) is 2.66. The van der Waals surface area contributed by atoms with Crippen LogP contribution in [0.25, 0.3) is 32.0 Å². The fourth-order valence-electron chi connectivity index (χ4n) is 3.54. The Balaban J connectivity index is 1.72. The highest BCUT2D eigenvalue weighted by atomic mass is 32.1. The molecular formula is C24H16N2O3S. The summed E-state index contributed by atoms with van der Waals surface area (Å²) in [7, 11) is 0. The predicted octanol–water partition coefficient (Wildman–Crippen LogP) is 4.89. The molecule has 0 unspecified atom stereocenters. The SMILES string of the molecule is C=CCn1c(=NC(=O)c2cc(=O)c3ccccc3o2)sc2c3ccccc3ccc21. The summed E-state index contributed by atoms with van der Waals surface area (Å²) in [6.07, 6.45) is 1.76. The summed E-state index contributed by atoms with van der Waals surface area (Å²) in [5.74, 6) is -0.669. The Kier molecular flexibility index (Phi) is 4.41. The Morgan fingerprint density at radius 3 is 2.67 bits per heavy atom. The molecule has 0 atom stereocenters. The maximum atomic E-state index is 12.9. The lowest BCUT2D eigenvalue weighted by Gasteiger charge is -2.03. The van der Waals surface area contributed by atoms with Crippen LogP contribution in [0.3, 0.4) is 0 Å². The van der Waals surface area contributed by atoms with Crippen molar-refractivity contribution < 1.29 is 9.21 Å². The van der Waals surface area contributed by atoms with E-state index in [1.807, 2.05) is 22.8 Å². The second-order valence-corrected chi connectivity index (χ2v) is 7.78. The summed E-state index contributed by atoms with van der Waals surface area (Å²) in [5.41, 5.74) is 1.08. The second-order valence-electron chi connectivity index (χ2n) is 6.81. The van der Waals surface area contributed by atoms with Crippen LogP contribution in [0.4, 0.5) is 0 Å². The van der Waals surface area contributed by atoms with E-state index < -0.39 is 5.91 Å². The van der Waals surface area contributed by atoms with Gasteiger partial charge in [-0.2, -0.15) is 4.99 Å². The van der Waals surface area contributed by atoms with Gasteiger partial charge < -0.3 is 8.98 Å². The van der Waals surface area contributed by atoms with Gasteiger partial charge in [0.25, 0.3) is 0 Å². The molecule has 0 radical (unpaired) electrons. The minimum absolute atomic E-state index is 0.0776. The van der Waals surface area contributed by atoms with Crippen molar-refractivity contribution in [2.75, 3.05) is 0 Å². The van der Waals surface area contributed by atoms with Crippen molar-refractivity contribution in [3.8, 4) is 0 Å². The molecule has 0 aliphatic heterocycles. The first-order valence-corrected chi connectivity index (χ1v) is 10.2. The lowest BCUT2D eigenvalue weighted by Crippen LogP contribution is -2.17. The summed E-state index contributed by atoms with van der Waals surface area (Å²) in [6, 6.07) is 20.2. The first kappa shape index (κ1) is 18.3. The molecule has 0 aliphatic rings. The lowest BCUT2D eigenvalue weighted by molar-refractivity contribution is 0.0972. The minimum atomic E-state index is -0.591. The van der Waals surface area contributed by atoms with E-state index in [9.17, 15) is 9.59 Å². The maximum absolute atomic E-state index is 12.9. The molecular weight excluding hydrogens is 396 g/mol. The van der Waals surface area contributed by atoms with Crippen LogP contribution < -0.4 is 10.2 Å². The molecule has 1 amide bonds. The van der Waals surface area contributed by atoms with Gasteiger partial charge in [0.1, 0.15) is 5.58 Å². The van der Waals surface area contributed by atoms with Gasteiger partial charge in [0.2, 0.25) is 0 Å². The van der Waals surface area contributed by atoms with Crippen LogP contribution in [0.15, 0.2) is 93.6 Å². The number of carbonyl (C=O) groups excluding carboxylic acids is 1. The van der Waals surface area contributed by atoms with Gasteiger partial charge in [-0.25, -0.2) is 0 Å². The molecule has 3 aromatic carbocycles. The molecule has 5 nitrogen and oxygen atoms in total. The van der Waals surface area contributed by atoms with Crippen molar-refractivity contribution >= 4 is 49.2 Å². The highest BCUT2D eigenvalue weighted by Gasteiger charge is 2.14. The third-order valence-electron chi connectivity index (χ3n) is 4.93. The number of nitrogens with zero attached hydrogens (tertiary/aromatic N) is 2. The van der Waals surface area contributed by atoms with Crippen molar-refractivity contribution in [1.82, 2.24) is 4.57 Å². The summed E-state index contributed by atoms with van der Waals surface area (Å²) in [6.45, 7) is 4.33. The quantitative estimate of drug-likeness (QED) is 0.396. The number of amides is 1. The molecule has 0 bridgehead atoms.